The van der Waals surface area contributed by atoms with Gasteiger partial charge in [-0.15, -0.1) is 11.8 Å². The highest BCUT2D eigenvalue weighted by Gasteiger charge is 2.35. The first-order valence-electron chi connectivity index (χ1n) is 8.95. The molecule has 3 atom stereocenters. The number of amides is 2. The number of hydrogen-bond acceptors (Lipinski definition) is 3. The van der Waals surface area contributed by atoms with Gasteiger partial charge < -0.3 is 10.6 Å². The van der Waals surface area contributed by atoms with E-state index in [1.807, 2.05) is 50.2 Å². The van der Waals surface area contributed by atoms with E-state index < -0.39 is 11.2 Å². The number of anilines is 1. The van der Waals surface area contributed by atoms with Gasteiger partial charge in [0.15, 0.2) is 0 Å². The lowest BCUT2D eigenvalue weighted by Gasteiger charge is -2.28. The maximum Gasteiger partial charge on any atom is 0.238 e. The largest absolute Gasteiger partial charge is 0.349 e. The van der Waals surface area contributed by atoms with E-state index in [0.29, 0.717) is 0 Å². The smallest absolute Gasteiger partial charge is 0.238 e. The number of carbonyl (C=O) groups is 2. The van der Waals surface area contributed by atoms with E-state index in [9.17, 15) is 9.59 Å². The average molecular weight is 369 g/mol. The Morgan fingerprint density at radius 3 is 2.54 bits per heavy atom. The Bertz CT molecular complexity index is 804. The maximum atomic E-state index is 12.7. The molecule has 4 nitrogen and oxygen atoms in total. The highest BCUT2D eigenvalue weighted by atomic mass is 32.2. The fourth-order valence-corrected chi connectivity index (χ4v) is 4.17. The molecule has 1 heterocycles. The van der Waals surface area contributed by atoms with Crippen LogP contribution in [0.1, 0.15) is 37.9 Å². The van der Waals surface area contributed by atoms with Crippen LogP contribution >= 0.6 is 11.8 Å². The number of aryl methyl sites for hydroxylation is 1. The van der Waals surface area contributed by atoms with E-state index in [1.165, 1.54) is 17.3 Å². The predicted octanol–water partition coefficient (Wildman–Crippen LogP) is 4.18. The van der Waals surface area contributed by atoms with E-state index in [-0.39, 0.29) is 17.9 Å². The van der Waals surface area contributed by atoms with E-state index in [2.05, 4.69) is 29.7 Å². The van der Waals surface area contributed by atoms with Crippen molar-refractivity contribution >= 4 is 29.3 Å². The topological polar surface area (TPSA) is 58.2 Å². The van der Waals surface area contributed by atoms with Gasteiger partial charge in [-0.1, -0.05) is 50.2 Å². The van der Waals surface area contributed by atoms with Crippen molar-refractivity contribution in [3.05, 3.63) is 59.7 Å². The van der Waals surface area contributed by atoms with Crippen molar-refractivity contribution in [3.63, 3.8) is 0 Å². The van der Waals surface area contributed by atoms with Gasteiger partial charge >= 0.3 is 0 Å². The number of fused-ring (bicyclic) bond motifs is 1. The Balaban J connectivity index is 1.66. The summed E-state index contributed by atoms with van der Waals surface area (Å²) in [5, 5.41) is 5.52. The summed E-state index contributed by atoms with van der Waals surface area (Å²) in [7, 11) is 0. The number of para-hydroxylation sites is 1. The Hall–Kier alpha value is -2.27. The molecule has 0 saturated carbocycles. The summed E-state index contributed by atoms with van der Waals surface area (Å²) in [5.41, 5.74) is 3.15. The molecule has 0 aromatic heterocycles. The molecule has 1 aliphatic heterocycles. The monoisotopic (exact) mass is 368 g/mol. The van der Waals surface area contributed by atoms with Crippen molar-refractivity contribution in [2.24, 2.45) is 5.92 Å². The molecular formula is C21H24N2O2S. The molecule has 0 radical (unpaired) electrons. The first-order chi connectivity index (χ1) is 12.5. The molecule has 0 bridgehead atoms. The summed E-state index contributed by atoms with van der Waals surface area (Å²) in [5.74, 6) is -0.647. The average Bonchev–Trinajstić information content (AvgIpc) is 2.66. The van der Waals surface area contributed by atoms with Crippen LogP contribution in [0.5, 0.6) is 0 Å². The third-order valence-corrected chi connectivity index (χ3v) is 6.26. The van der Waals surface area contributed by atoms with Gasteiger partial charge in [-0.2, -0.15) is 0 Å². The zero-order valence-electron chi connectivity index (χ0n) is 15.3. The number of nitrogens with one attached hydrogen (secondary N) is 2. The highest BCUT2D eigenvalue weighted by Crippen LogP contribution is 2.38. The molecule has 0 spiro atoms. The number of hydrogen-bond donors (Lipinski definition) is 2. The zero-order chi connectivity index (χ0) is 18.7. The molecular weight excluding hydrogens is 344 g/mol. The van der Waals surface area contributed by atoms with Gasteiger partial charge in [0.1, 0.15) is 0 Å². The van der Waals surface area contributed by atoms with E-state index in [4.69, 9.17) is 0 Å². The molecule has 2 amide bonds. The van der Waals surface area contributed by atoms with Gasteiger partial charge in [0.05, 0.1) is 22.9 Å². The number of rotatable bonds is 5. The van der Waals surface area contributed by atoms with Crippen molar-refractivity contribution in [2.45, 2.75) is 43.4 Å². The minimum absolute atomic E-state index is 0.0974. The van der Waals surface area contributed by atoms with Crippen LogP contribution < -0.4 is 10.6 Å². The molecule has 5 heteroatoms. The van der Waals surface area contributed by atoms with Crippen molar-refractivity contribution < 1.29 is 9.59 Å². The van der Waals surface area contributed by atoms with Crippen LogP contribution in [0.3, 0.4) is 0 Å². The minimum Gasteiger partial charge on any atom is -0.349 e. The Kier molecular flexibility index (Phi) is 5.67. The first kappa shape index (κ1) is 18.5. The standard InChI is InChI=1S/C21H24N2O2S/c1-4-15-9-11-16(12-10-15)14(3)22-20(24)13(2)19-21(25)23-17-7-5-6-8-18(17)26-19/h5-14,19H,4H2,1-3H3,(H,22,24)(H,23,25). The van der Waals surface area contributed by atoms with Crippen molar-refractivity contribution in [1.82, 2.24) is 5.32 Å². The normalized spacial score (nSPS) is 18.4. The molecule has 2 aromatic rings. The molecule has 3 unspecified atom stereocenters. The Morgan fingerprint density at radius 2 is 1.85 bits per heavy atom. The van der Waals surface area contributed by atoms with Crippen LogP contribution in [0, 0.1) is 5.92 Å². The van der Waals surface area contributed by atoms with Crippen molar-refractivity contribution in [2.75, 3.05) is 5.32 Å². The van der Waals surface area contributed by atoms with Gasteiger partial charge in [0, 0.05) is 4.90 Å². The zero-order valence-corrected chi connectivity index (χ0v) is 16.1. The molecule has 1 aliphatic rings. The molecule has 3 rings (SSSR count). The summed E-state index contributed by atoms with van der Waals surface area (Å²) in [6.45, 7) is 5.90. The van der Waals surface area contributed by atoms with Crippen molar-refractivity contribution in [3.8, 4) is 0 Å². The minimum atomic E-state index is -0.431. The quantitative estimate of drug-likeness (QED) is 0.832. The second kappa shape index (κ2) is 7.96. The second-order valence-electron chi connectivity index (χ2n) is 6.64. The first-order valence-corrected chi connectivity index (χ1v) is 9.83. The predicted molar refractivity (Wildman–Crippen MR) is 106 cm³/mol. The van der Waals surface area contributed by atoms with E-state index in [1.54, 1.807) is 0 Å². The molecule has 0 fully saturated rings. The molecule has 26 heavy (non-hydrogen) atoms. The lowest BCUT2D eigenvalue weighted by Crippen LogP contribution is -2.42. The summed E-state index contributed by atoms with van der Waals surface area (Å²) >= 11 is 1.46. The molecule has 0 aliphatic carbocycles. The molecule has 0 saturated heterocycles. The summed E-state index contributed by atoms with van der Waals surface area (Å²) in [6.07, 6.45) is 0.994. The van der Waals surface area contributed by atoms with Gasteiger partial charge in [0.2, 0.25) is 11.8 Å². The van der Waals surface area contributed by atoms with Gasteiger partial charge in [-0.25, -0.2) is 0 Å². The highest BCUT2D eigenvalue weighted by molar-refractivity contribution is 8.01. The molecule has 2 aromatic carbocycles. The van der Waals surface area contributed by atoms with Crippen LogP contribution in [0.2, 0.25) is 0 Å². The number of benzene rings is 2. The second-order valence-corrected chi connectivity index (χ2v) is 7.82. The third-order valence-electron chi connectivity index (χ3n) is 4.77. The Morgan fingerprint density at radius 1 is 1.15 bits per heavy atom. The van der Waals surface area contributed by atoms with Crippen LogP contribution in [-0.4, -0.2) is 17.1 Å². The van der Waals surface area contributed by atoms with E-state index in [0.717, 1.165) is 22.6 Å². The maximum absolute atomic E-state index is 12.7. The van der Waals surface area contributed by atoms with Gasteiger partial charge in [-0.05, 0) is 36.6 Å². The third kappa shape index (κ3) is 3.93. The van der Waals surface area contributed by atoms with Gasteiger partial charge in [-0.3, -0.25) is 9.59 Å². The number of thioether (sulfide) groups is 1. The lowest BCUT2D eigenvalue weighted by atomic mass is 10.0. The summed E-state index contributed by atoms with van der Waals surface area (Å²) in [6, 6.07) is 15.8. The molecule has 136 valence electrons. The van der Waals surface area contributed by atoms with Crippen molar-refractivity contribution in [1.29, 1.82) is 0 Å². The fourth-order valence-electron chi connectivity index (χ4n) is 3.00. The van der Waals surface area contributed by atoms with Crippen LogP contribution in [-0.2, 0) is 16.0 Å². The van der Waals surface area contributed by atoms with E-state index >= 15 is 0 Å². The molecule has 2 N–H and O–H groups in total. The summed E-state index contributed by atoms with van der Waals surface area (Å²) < 4.78 is 0. The fraction of sp³-hybridized carbons (Fsp3) is 0.333. The number of carbonyl (C=O) groups excluding carboxylic acids is 2. The van der Waals surface area contributed by atoms with Gasteiger partial charge in [0.25, 0.3) is 0 Å². The van der Waals surface area contributed by atoms with Crippen LogP contribution in [0.25, 0.3) is 0 Å². The van der Waals surface area contributed by atoms with Crippen LogP contribution in [0.4, 0.5) is 5.69 Å². The van der Waals surface area contributed by atoms with Crippen LogP contribution in [0.15, 0.2) is 53.4 Å². The summed E-state index contributed by atoms with van der Waals surface area (Å²) in [4.78, 5) is 26.1. The lowest BCUT2D eigenvalue weighted by molar-refractivity contribution is -0.128. The Labute approximate surface area is 158 Å². The SMILES string of the molecule is CCc1ccc(C(C)NC(=O)C(C)C2Sc3ccccc3NC2=O)cc1.